The minimum atomic E-state index is 0.775. The highest BCUT2D eigenvalue weighted by Gasteiger charge is 2.20. The molecule has 0 spiro atoms. The molecule has 0 saturated carbocycles. The van der Waals surface area contributed by atoms with Gasteiger partial charge in [0.25, 0.3) is 0 Å². The molecule has 1 aliphatic rings. The van der Waals surface area contributed by atoms with Crippen LogP contribution >= 0.6 is 0 Å². The molecule has 0 aromatic heterocycles. The zero-order valence-electron chi connectivity index (χ0n) is 9.30. The van der Waals surface area contributed by atoms with Crippen LogP contribution in [0.15, 0.2) is 18.2 Å². The quantitative estimate of drug-likeness (QED) is 0.715. The van der Waals surface area contributed by atoms with Gasteiger partial charge in [0.05, 0.1) is 0 Å². The maximum atomic E-state index is 3.53. The zero-order valence-corrected chi connectivity index (χ0v) is 9.30. The third-order valence-electron chi connectivity index (χ3n) is 3.24. The monoisotopic (exact) mass is 189 g/mol. The fourth-order valence-electron chi connectivity index (χ4n) is 2.10. The van der Waals surface area contributed by atoms with Crippen LogP contribution in [0.25, 0.3) is 0 Å². The lowest BCUT2D eigenvalue weighted by molar-refractivity contribution is 0.393. The van der Waals surface area contributed by atoms with Gasteiger partial charge in [0.1, 0.15) is 0 Å². The number of fused-ring (bicyclic) bond motifs is 1. The topological polar surface area (TPSA) is 12.0 Å². The second kappa shape index (κ2) is 3.64. The third kappa shape index (κ3) is 1.77. The number of nitrogens with one attached hydrogen (secondary N) is 1. The largest absolute Gasteiger partial charge is 0.385 e. The van der Waals surface area contributed by atoms with E-state index in [4.69, 9.17) is 0 Å². The van der Waals surface area contributed by atoms with Crippen LogP contribution in [0.3, 0.4) is 0 Å². The molecule has 1 heteroatoms. The lowest BCUT2D eigenvalue weighted by atomic mass is 9.85. The summed E-state index contributed by atoms with van der Waals surface area (Å²) in [5.41, 5.74) is 4.18. The molecule has 0 saturated heterocycles. The summed E-state index contributed by atoms with van der Waals surface area (Å²) in [7, 11) is 0. The first-order chi connectivity index (χ1) is 6.66. The Morgan fingerprint density at radius 2 is 2.14 bits per heavy atom. The molecular formula is C13H19N. The van der Waals surface area contributed by atoms with Gasteiger partial charge in [-0.3, -0.25) is 0 Å². The fourth-order valence-corrected chi connectivity index (χ4v) is 2.10. The SMILES string of the molecule is Cc1ccc2c(c1)NCC(C(C)C)C2. The van der Waals surface area contributed by atoms with Gasteiger partial charge in [-0.25, -0.2) is 0 Å². The van der Waals surface area contributed by atoms with Crippen molar-refractivity contribution in [1.82, 2.24) is 0 Å². The van der Waals surface area contributed by atoms with E-state index in [2.05, 4.69) is 44.3 Å². The van der Waals surface area contributed by atoms with Crippen molar-refractivity contribution >= 4 is 5.69 Å². The summed E-state index contributed by atoms with van der Waals surface area (Å²) in [6.45, 7) is 7.90. The Bertz CT molecular complexity index is 328. The number of benzene rings is 1. The first-order valence-corrected chi connectivity index (χ1v) is 5.50. The van der Waals surface area contributed by atoms with Crippen molar-refractivity contribution in [2.75, 3.05) is 11.9 Å². The van der Waals surface area contributed by atoms with Gasteiger partial charge in [-0.15, -0.1) is 0 Å². The minimum absolute atomic E-state index is 0.775. The summed E-state index contributed by atoms with van der Waals surface area (Å²) in [4.78, 5) is 0. The molecule has 14 heavy (non-hydrogen) atoms. The molecule has 0 fully saturated rings. The van der Waals surface area contributed by atoms with E-state index in [0.717, 1.165) is 18.4 Å². The van der Waals surface area contributed by atoms with Crippen LogP contribution in [0, 0.1) is 18.8 Å². The summed E-state index contributed by atoms with van der Waals surface area (Å²) in [5, 5.41) is 3.53. The Morgan fingerprint density at radius 3 is 2.86 bits per heavy atom. The van der Waals surface area contributed by atoms with Gasteiger partial charge < -0.3 is 5.32 Å². The number of hydrogen-bond acceptors (Lipinski definition) is 1. The molecule has 0 aliphatic carbocycles. The van der Waals surface area contributed by atoms with Gasteiger partial charge in [0.15, 0.2) is 0 Å². The highest BCUT2D eigenvalue weighted by Crippen LogP contribution is 2.28. The molecule has 1 unspecified atom stereocenters. The second-order valence-corrected chi connectivity index (χ2v) is 4.75. The summed E-state index contributed by atoms with van der Waals surface area (Å²) < 4.78 is 0. The lowest BCUT2D eigenvalue weighted by Crippen LogP contribution is -2.26. The number of hydrogen-bond donors (Lipinski definition) is 1. The lowest BCUT2D eigenvalue weighted by Gasteiger charge is -2.29. The van der Waals surface area contributed by atoms with Gasteiger partial charge in [0, 0.05) is 12.2 Å². The van der Waals surface area contributed by atoms with Crippen molar-refractivity contribution in [3.63, 3.8) is 0 Å². The molecule has 1 nitrogen and oxygen atoms in total. The van der Waals surface area contributed by atoms with Crippen LogP contribution in [0.4, 0.5) is 5.69 Å². The van der Waals surface area contributed by atoms with Gasteiger partial charge >= 0.3 is 0 Å². The van der Waals surface area contributed by atoms with E-state index < -0.39 is 0 Å². The van der Waals surface area contributed by atoms with E-state index in [1.807, 2.05) is 0 Å². The summed E-state index contributed by atoms with van der Waals surface area (Å²) in [6, 6.07) is 6.74. The van der Waals surface area contributed by atoms with Crippen molar-refractivity contribution < 1.29 is 0 Å². The van der Waals surface area contributed by atoms with Gasteiger partial charge in [-0.2, -0.15) is 0 Å². The van der Waals surface area contributed by atoms with E-state index in [9.17, 15) is 0 Å². The fraction of sp³-hybridized carbons (Fsp3) is 0.538. The second-order valence-electron chi connectivity index (χ2n) is 4.75. The Labute approximate surface area is 86.5 Å². The van der Waals surface area contributed by atoms with E-state index >= 15 is 0 Å². The predicted molar refractivity (Wildman–Crippen MR) is 61.7 cm³/mol. The summed E-state index contributed by atoms with van der Waals surface area (Å²) in [6.07, 6.45) is 1.24. The molecule has 0 bridgehead atoms. The van der Waals surface area contributed by atoms with Gasteiger partial charge in [0.2, 0.25) is 0 Å². The molecule has 2 rings (SSSR count). The van der Waals surface area contributed by atoms with Crippen LogP contribution in [0.2, 0.25) is 0 Å². The van der Waals surface area contributed by atoms with Crippen LogP contribution in [0.5, 0.6) is 0 Å². The molecule has 1 N–H and O–H groups in total. The van der Waals surface area contributed by atoms with Gasteiger partial charge in [-0.1, -0.05) is 26.0 Å². The number of anilines is 1. The van der Waals surface area contributed by atoms with Crippen molar-refractivity contribution in [1.29, 1.82) is 0 Å². The van der Waals surface area contributed by atoms with Crippen molar-refractivity contribution in [2.45, 2.75) is 27.2 Å². The average Bonchev–Trinajstić information content (AvgIpc) is 2.16. The number of aryl methyl sites for hydroxylation is 1. The molecule has 0 amide bonds. The van der Waals surface area contributed by atoms with Crippen molar-refractivity contribution in [3.05, 3.63) is 29.3 Å². The standard InChI is InChI=1S/C13H19N/c1-9(2)12-7-11-5-4-10(3)6-13(11)14-8-12/h4-6,9,12,14H,7-8H2,1-3H3. The highest BCUT2D eigenvalue weighted by atomic mass is 14.9. The van der Waals surface area contributed by atoms with E-state index in [-0.39, 0.29) is 0 Å². The van der Waals surface area contributed by atoms with Crippen LogP contribution < -0.4 is 5.32 Å². The third-order valence-corrected chi connectivity index (χ3v) is 3.24. The molecule has 1 aromatic carbocycles. The van der Waals surface area contributed by atoms with Crippen molar-refractivity contribution in [3.8, 4) is 0 Å². The molecule has 0 radical (unpaired) electrons. The van der Waals surface area contributed by atoms with E-state index in [1.165, 1.54) is 23.2 Å². The maximum Gasteiger partial charge on any atom is 0.0375 e. The first-order valence-electron chi connectivity index (χ1n) is 5.50. The predicted octanol–water partition coefficient (Wildman–Crippen LogP) is 3.24. The molecule has 1 heterocycles. The Morgan fingerprint density at radius 1 is 1.36 bits per heavy atom. The Hall–Kier alpha value is -0.980. The molecule has 76 valence electrons. The molecule has 1 aromatic rings. The van der Waals surface area contributed by atoms with Crippen LogP contribution in [0.1, 0.15) is 25.0 Å². The molecule has 1 atom stereocenters. The van der Waals surface area contributed by atoms with E-state index in [1.54, 1.807) is 0 Å². The average molecular weight is 189 g/mol. The first kappa shape index (κ1) is 9.57. The highest BCUT2D eigenvalue weighted by molar-refractivity contribution is 5.55. The van der Waals surface area contributed by atoms with Crippen molar-refractivity contribution in [2.24, 2.45) is 11.8 Å². The van der Waals surface area contributed by atoms with Gasteiger partial charge in [-0.05, 0) is 42.4 Å². The summed E-state index contributed by atoms with van der Waals surface area (Å²) in [5.74, 6) is 1.57. The maximum absolute atomic E-state index is 3.53. The van der Waals surface area contributed by atoms with Crippen LogP contribution in [-0.2, 0) is 6.42 Å². The zero-order chi connectivity index (χ0) is 10.1. The molecule has 1 aliphatic heterocycles. The van der Waals surface area contributed by atoms with E-state index in [0.29, 0.717) is 0 Å². The normalized spacial score (nSPS) is 20.4. The van der Waals surface area contributed by atoms with Crippen LogP contribution in [-0.4, -0.2) is 6.54 Å². The molecular weight excluding hydrogens is 170 g/mol. The Kier molecular flexibility index (Phi) is 2.49. The minimum Gasteiger partial charge on any atom is -0.385 e. The Balaban J connectivity index is 2.23. The smallest absolute Gasteiger partial charge is 0.0375 e. The number of rotatable bonds is 1. The summed E-state index contributed by atoms with van der Waals surface area (Å²) >= 11 is 0.